The molecular weight excluding hydrogens is 344 g/mol. The average Bonchev–Trinajstić information content (AvgIpc) is 2.26. The molecule has 7 heteroatoms. The molecule has 0 aliphatic rings. The molecule has 1 rings (SSSR count). The predicted octanol–water partition coefficient (Wildman–Crippen LogP) is 2.45. The van der Waals surface area contributed by atoms with Crippen LogP contribution in [-0.4, -0.2) is 37.0 Å². The zero-order valence-corrected chi connectivity index (χ0v) is 14.4. The van der Waals surface area contributed by atoms with E-state index in [-0.39, 0.29) is 12.5 Å². The lowest BCUT2D eigenvalue weighted by atomic mass is 10.1. The van der Waals surface area contributed by atoms with Crippen LogP contribution in [0.1, 0.15) is 20.8 Å². The van der Waals surface area contributed by atoms with Gasteiger partial charge >= 0.3 is 0 Å². The van der Waals surface area contributed by atoms with E-state index in [9.17, 15) is 13.2 Å². The second-order valence-electron chi connectivity index (χ2n) is 5.47. The van der Waals surface area contributed by atoms with Gasteiger partial charge in [0.25, 0.3) is 0 Å². The number of hydrogen-bond donors (Lipinski definition) is 1. The number of hydrogen-bond acceptors (Lipinski definition) is 3. The molecule has 0 unspecified atom stereocenters. The molecule has 5 nitrogen and oxygen atoms in total. The zero-order chi connectivity index (χ0) is 15.6. The molecule has 0 aromatic heterocycles. The Labute approximate surface area is 128 Å². The van der Waals surface area contributed by atoms with Crippen molar-refractivity contribution >= 4 is 37.5 Å². The van der Waals surface area contributed by atoms with Crippen LogP contribution in [0.25, 0.3) is 0 Å². The van der Waals surface area contributed by atoms with Crippen LogP contribution in [0.4, 0.5) is 5.69 Å². The normalized spacial score (nSPS) is 12.5. The van der Waals surface area contributed by atoms with Crippen LogP contribution in [0.15, 0.2) is 28.7 Å². The second kappa shape index (κ2) is 6.24. The van der Waals surface area contributed by atoms with Crippen LogP contribution in [0.2, 0.25) is 0 Å². The monoisotopic (exact) mass is 362 g/mol. The lowest BCUT2D eigenvalue weighted by Gasteiger charge is -2.32. The summed E-state index contributed by atoms with van der Waals surface area (Å²) in [5, 5.41) is 2.69. The minimum absolute atomic E-state index is 0.219. The Morgan fingerprint density at radius 3 is 2.30 bits per heavy atom. The molecule has 112 valence electrons. The lowest BCUT2D eigenvalue weighted by molar-refractivity contribution is -0.117. The molecule has 0 saturated carbocycles. The van der Waals surface area contributed by atoms with Crippen LogP contribution in [-0.2, 0) is 14.8 Å². The molecule has 0 bridgehead atoms. The van der Waals surface area contributed by atoms with Crippen molar-refractivity contribution < 1.29 is 13.2 Å². The Morgan fingerprint density at radius 1 is 1.30 bits per heavy atom. The van der Waals surface area contributed by atoms with Gasteiger partial charge in [0.2, 0.25) is 15.9 Å². The fourth-order valence-corrected chi connectivity index (χ4v) is 3.47. The molecule has 0 spiro atoms. The van der Waals surface area contributed by atoms with Gasteiger partial charge in [0, 0.05) is 10.0 Å². The van der Waals surface area contributed by atoms with Crippen molar-refractivity contribution in [2.24, 2.45) is 0 Å². The first-order valence-corrected chi connectivity index (χ1v) is 8.68. The van der Waals surface area contributed by atoms with Crippen molar-refractivity contribution in [3.05, 3.63) is 28.7 Å². The van der Waals surface area contributed by atoms with Gasteiger partial charge < -0.3 is 5.32 Å². The first-order chi connectivity index (χ1) is 9.01. The molecule has 0 fully saturated rings. The molecule has 1 aromatic rings. The topological polar surface area (TPSA) is 66.5 Å². The maximum absolute atomic E-state index is 12.0. The van der Waals surface area contributed by atoms with Crippen molar-refractivity contribution in [3.63, 3.8) is 0 Å². The van der Waals surface area contributed by atoms with Crippen LogP contribution in [0, 0.1) is 0 Å². The number of anilines is 1. The van der Waals surface area contributed by atoms with Gasteiger partial charge in [-0.15, -0.1) is 0 Å². The molecule has 1 N–H and O–H groups in total. The van der Waals surface area contributed by atoms with E-state index in [0.29, 0.717) is 5.69 Å². The van der Waals surface area contributed by atoms with E-state index in [0.717, 1.165) is 10.7 Å². The lowest BCUT2D eigenvalue weighted by Crippen LogP contribution is -2.48. The maximum atomic E-state index is 12.0. The minimum Gasteiger partial charge on any atom is -0.324 e. The highest BCUT2D eigenvalue weighted by molar-refractivity contribution is 9.10. The smallest absolute Gasteiger partial charge is 0.239 e. The molecule has 0 aliphatic carbocycles. The molecule has 1 amide bonds. The summed E-state index contributed by atoms with van der Waals surface area (Å²) < 4.78 is 25.5. The quantitative estimate of drug-likeness (QED) is 0.894. The Morgan fingerprint density at radius 2 is 1.85 bits per heavy atom. The molecule has 20 heavy (non-hydrogen) atoms. The predicted molar refractivity (Wildman–Crippen MR) is 84.1 cm³/mol. The summed E-state index contributed by atoms with van der Waals surface area (Å²) in [7, 11) is -3.46. The molecule has 0 atom stereocenters. The number of nitrogens with one attached hydrogen (secondary N) is 1. The van der Waals surface area contributed by atoms with E-state index >= 15 is 0 Å². The van der Waals surface area contributed by atoms with Gasteiger partial charge in [-0.3, -0.25) is 4.79 Å². The largest absolute Gasteiger partial charge is 0.324 e. The summed E-state index contributed by atoms with van der Waals surface area (Å²) in [4.78, 5) is 12.0. The average molecular weight is 363 g/mol. The fourth-order valence-electron chi connectivity index (χ4n) is 1.73. The molecule has 0 saturated heterocycles. The highest BCUT2D eigenvalue weighted by Crippen LogP contribution is 2.22. The number of halogens is 1. The third kappa shape index (κ3) is 4.88. The Bertz CT molecular complexity index is 594. The first kappa shape index (κ1) is 17.1. The Balaban J connectivity index is 2.86. The third-order valence-electron chi connectivity index (χ3n) is 2.58. The maximum Gasteiger partial charge on any atom is 0.239 e. The Kier molecular flexibility index (Phi) is 5.34. The van der Waals surface area contributed by atoms with E-state index in [4.69, 9.17) is 0 Å². The highest BCUT2D eigenvalue weighted by atomic mass is 79.9. The van der Waals surface area contributed by atoms with E-state index in [1.165, 1.54) is 4.31 Å². The molecule has 0 aliphatic heterocycles. The van der Waals surface area contributed by atoms with Gasteiger partial charge in [0.05, 0.1) is 18.5 Å². The van der Waals surface area contributed by atoms with E-state index < -0.39 is 15.6 Å². The molecule has 0 heterocycles. The van der Waals surface area contributed by atoms with Crippen molar-refractivity contribution in [3.8, 4) is 0 Å². The second-order valence-corrected chi connectivity index (χ2v) is 8.23. The summed E-state index contributed by atoms with van der Waals surface area (Å²) in [6.45, 7) is 5.03. The number of carbonyl (C=O) groups is 1. The standard InChI is InChI=1S/C13H19BrN2O3S/c1-13(2,3)16(20(4,18)19)9-12(17)15-11-8-6-5-7-10(11)14/h5-8H,9H2,1-4H3,(H,15,17). The number of rotatable bonds is 4. The first-order valence-electron chi connectivity index (χ1n) is 6.04. The summed E-state index contributed by atoms with van der Waals surface area (Å²) in [6, 6.07) is 7.16. The summed E-state index contributed by atoms with van der Waals surface area (Å²) in [5.74, 6) is -0.378. The van der Waals surface area contributed by atoms with Crippen LogP contribution < -0.4 is 5.32 Å². The molecule has 0 radical (unpaired) electrons. The van der Waals surface area contributed by atoms with Gasteiger partial charge in [-0.25, -0.2) is 8.42 Å². The SMILES string of the molecule is CC(C)(C)N(CC(=O)Nc1ccccc1Br)S(C)(=O)=O. The van der Waals surface area contributed by atoms with E-state index in [2.05, 4.69) is 21.2 Å². The molecular formula is C13H19BrN2O3S. The number of benzene rings is 1. The Hall–Kier alpha value is -0.920. The van der Waals surface area contributed by atoms with Crippen molar-refractivity contribution in [1.82, 2.24) is 4.31 Å². The summed E-state index contributed by atoms with van der Waals surface area (Å²) >= 11 is 3.32. The van der Waals surface area contributed by atoms with Gasteiger partial charge in [-0.2, -0.15) is 4.31 Å². The van der Waals surface area contributed by atoms with Crippen molar-refractivity contribution in [2.45, 2.75) is 26.3 Å². The number of amides is 1. The minimum atomic E-state index is -3.46. The molecule has 1 aromatic carbocycles. The number of carbonyl (C=O) groups excluding carboxylic acids is 1. The van der Waals surface area contributed by atoms with E-state index in [1.807, 2.05) is 6.07 Å². The number of nitrogens with zero attached hydrogens (tertiary/aromatic N) is 1. The van der Waals surface area contributed by atoms with Gasteiger partial charge in [-0.05, 0) is 48.8 Å². The van der Waals surface area contributed by atoms with Gasteiger partial charge in [-0.1, -0.05) is 12.1 Å². The third-order valence-corrected chi connectivity index (χ3v) is 4.75. The van der Waals surface area contributed by atoms with E-state index in [1.54, 1.807) is 39.0 Å². The van der Waals surface area contributed by atoms with Crippen LogP contribution in [0.5, 0.6) is 0 Å². The zero-order valence-electron chi connectivity index (χ0n) is 12.0. The van der Waals surface area contributed by atoms with Crippen molar-refractivity contribution in [2.75, 3.05) is 18.1 Å². The van der Waals surface area contributed by atoms with Gasteiger partial charge in [0.1, 0.15) is 0 Å². The van der Waals surface area contributed by atoms with Gasteiger partial charge in [0.15, 0.2) is 0 Å². The number of sulfonamides is 1. The fraction of sp³-hybridized carbons (Fsp3) is 0.462. The van der Waals surface area contributed by atoms with Crippen LogP contribution in [0.3, 0.4) is 0 Å². The summed E-state index contributed by atoms with van der Waals surface area (Å²) in [5.41, 5.74) is -0.0429. The highest BCUT2D eigenvalue weighted by Gasteiger charge is 2.31. The van der Waals surface area contributed by atoms with Crippen molar-refractivity contribution in [1.29, 1.82) is 0 Å². The van der Waals surface area contributed by atoms with Crippen LogP contribution >= 0.6 is 15.9 Å². The number of para-hydroxylation sites is 1. The summed E-state index contributed by atoms with van der Waals surface area (Å²) in [6.07, 6.45) is 1.10.